The molecule has 2 aromatic heterocycles. The summed E-state index contributed by atoms with van der Waals surface area (Å²) in [5.41, 5.74) is 5.36. The van der Waals surface area contributed by atoms with Gasteiger partial charge in [-0.25, -0.2) is 9.07 Å². The van der Waals surface area contributed by atoms with Gasteiger partial charge < -0.3 is 5.32 Å². The molecule has 140 valence electrons. The number of carbonyl (C=O) groups is 1. The first-order valence-electron chi connectivity index (χ1n) is 9.42. The van der Waals surface area contributed by atoms with Crippen molar-refractivity contribution in [2.75, 3.05) is 5.32 Å². The number of aryl methyl sites for hydroxylation is 1. The van der Waals surface area contributed by atoms with Crippen LogP contribution in [0, 0.1) is 12.7 Å². The van der Waals surface area contributed by atoms with Gasteiger partial charge in [-0.2, -0.15) is 5.10 Å². The lowest BCUT2D eigenvalue weighted by atomic mass is 9.76. The molecule has 1 aliphatic carbocycles. The van der Waals surface area contributed by atoms with Crippen molar-refractivity contribution in [2.45, 2.75) is 32.1 Å². The second kappa shape index (κ2) is 6.41. The molecule has 1 aromatic carbocycles. The summed E-state index contributed by atoms with van der Waals surface area (Å²) in [5, 5.41) is 8.20. The Morgan fingerprint density at radius 1 is 1.18 bits per heavy atom. The van der Waals surface area contributed by atoms with Gasteiger partial charge in [0.15, 0.2) is 5.78 Å². The molecule has 5 nitrogen and oxygen atoms in total. The minimum atomic E-state index is -0.287. The van der Waals surface area contributed by atoms with Gasteiger partial charge in [-0.3, -0.25) is 9.78 Å². The third-order valence-electron chi connectivity index (χ3n) is 5.50. The molecule has 0 amide bonds. The highest BCUT2D eigenvalue weighted by Gasteiger charge is 2.38. The summed E-state index contributed by atoms with van der Waals surface area (Å²) in [7, 11) is 0. The number of nitrogens with zero attached hydrogens (tertiary/aromatic N) is 3. The molecule has 3 aromatic rings. The van der Waals surface area contributed by atoms with Crippen molar-refractivity contribution in [3.63, 3.8) is 0 Å². The Labute approximate surface area is 161 Å². The molecule has 1 aliphatic heterocycles. The van der Waals surface area contributed by atoms with Crippen molar-refractivity contribution in [1.82, 2.24) is 14.8 Å². The molecule has 5 rings (SSSR count). The molecule has 6 heteroatoms. The third-order valence-corrected chi connectivity index (χ3v) is 5.50. The molecule has 2 aliphatic rings. The number of rotatable bonds is 2. The van der Waals surface area contributed by atoms with Crippen LogP contribution in [0.5, 0.6) is 0 Å². The number of allylic oxidation sites excluding steroid dienone is 2. The van der Waals surface area contributed by atoms with Crippen LogP contribution in [0.1, 0.15) is 42.0 Å². The molecule has 1 atom stereocenters. The molecule has 0 saturated heterocycles. The van der Waals surface area contributed by atoms with Crippen molar-refractivity contribution in [2.24, 2.45) is 0 Å². The van der Waals surface area contributed by atoms with Gasteiger partial charge in [0.25, 0.3) is 0 Å². The number of fused-ring (bicyclic) bond motifs is 1. The van der Waals surface area contributed by atoms with E-state index in [1.807, 2.05) is 25.3 Å². The highest BCUT2D eigenvalue weighted by Crippen LogP contribution is 2.46. The van der Waals surface area contributed by atoms with Crippen molar-refractivity contribution >= 4 is 11.6 Å². The molecule has 0 saturated carbocycles. The van der Waals surface area contributed by atoms with Crippen molar-refractivity contribution < 1.29 is 9.18 Å². The van der Waals surface area contributed by atoms with Crippen LogP contribution >= 0.6 is 0 Å². The average Bonchev–Trinajstić information content (AvgIpc) is 3.04. The second-order valence-corrected chi connectivity index (χ2v) is 7.25. The highest BCUT2D eigenvalue weighted by atomic mass is 19.1. The fraction of sp³-hybridized carbons (Fsp3) is 0.227. The number of anilines is 1. The monoisotopic (exact) mass is 374 g/mol. The lowest BCUT2D eigenvalue weighted by molar-refractivity contribution is -0.116. The average molecular weight is 374 g/mol. The largest absolute Gasteiger partial charge is 0.343 e. The Morgan fingerprint density at radius 2 is 2.00 bits per heavy atom. The Balaban J connectivity index is 1.74. The minimum Gasteiger partial charge on any atom is -0.343 e. The maximum Gasteiger partial charge on any atom is 0.161 e. The number of Topliss-reactive ketones (excluding diaryl/α,β-unsaturated/α-hetero) is 1. The molecule has 0 spiro atoms. The van der Waals surface area contributed by atoms with Crippen molar-refractivity contribution in [1.29, 1.82) is 0 Å². The van der Waals surface area contributed by atoms with Gasteiger partial charge in [0.05, 0.1) is 11.4 Å². The first-order chi connectivity index (χ1) is 13.6. The van der Waals surface area contributed by atoms with Gasteiger partial charge in [-0.1, -0.05) is 6.07 Å². The highest BCUT2D eigenvalue weighted by molar-refractivity contribution is 6.01. The third kappa shape index (κ3) is 2.56. The second-order valence-electron chi connectivity index (χ2n) is 7.25. The van der Waals surface area contributed by atoms with Crippen LogP contribution in [0.2, 0.25) is 0 Å². The number of halogens is 1. The summed E-state index contributed by atoms with van der Waals surface area (Å²) < 4.78 is 15.2. The number of carbonyl (C=O) groups excluding carboxylic acids is 1. The van der Waals surface area contributed by atoms with Crippen LogP contribution in [0.4, 0.5) is 10.2 Å². The van der Waals surface area contributed by atoms with Gasteiger partial charge in [-0.15, -0.1) is 0 Å². The number of ketones is 1. The van der Waals surface area contributed by atoms with E-state index in [2.05, 4.69) is 10.3 Å². The van der Waals surface area contributed by atoms with Crippen LogP contribution in [0.3, 0.4) is 0 Å². The molecule has 3 heterocycles. The minimum absolute atomic E-state index is 0.183. The Morgan fingerprint density at radius 3 is 2.75 bits per heavy atom. The first-order valence-corrected chi connectivity index (χ1v) is 9.42. The van der Waals surface area contributed by atoms with Crippen LogP contribution in [-0.2, 0) is 4.79 Å². The van der Waals surface area contributed by atoms with E-state index in [1.54, 1.807) is 23.0 Å². The number of pyridine rings is 1. The number of benzene rings is 1. The maximum absolute atomic E-state index is 13.4. The van der Waals surface area contributed by atoms with Crippen LogP contribution < -0.4 is 5.32 Å². The standard InChI is InChI=1S/C22H19FN4O/c1-13-19-20(14-4-3-11-24-12-14)21-17(5-2-6-18(21)28)25-22(19)27(26-13)16-9-7-15(23)8-10-16/h3-4,7-12,20,25H,2,5-6H2,1H3/t20-/m1/s1. The summed E-state index contributed by atoms with van der Waals surface area (Å²) >= 11 is 0. The van der Waals surface area contributed by atoms with E-state index in [4.69, 9.17) is 5.10 Å². The van der Waals surface area contributed by atoms with Crippen molar-refractivity contribution in [3.05, 3.63) is 82.7 Å². The predicted molar refractivity (Wildman–Crippen MR) is 104 cm³/mol. The summed E-state index contributed by atoms with van der Waals surface area (Å²) in [6, 6.07) is 10.2. The van der Waals surface area contributed by atoms with Gasteiger partial charge in [-0.05, 0) is 55.7 Å². The zero-order chi connectivity index (χ0) is 19.3. The van der Waals surface area contributed by atoms with Gasteiger partial charge in [0, 0.05) is 41.6 Å². The van der Waals surface area contributed by atoms with E-state index in [9.17, 15) is 9.18 Å². The first kappa shape index (κ1) is 16.9. The molecule has 0 radical (unpaired) electrons. The summed E-state index contributed by atoms with van der Waals surface area (Å²) in [6.07, 6.45) is 5.78. The topological polar surface area (TPSA) is 59.8 Å². The SMILES string of the molecule is Cc1nn(-c2ccc(F)cc2)c2c1[C@@H](c1cccnc1)C1=C(CCCC1=O)N2. The Kier molecular flexibility index (Phi) is 3.86. The van der Waals surface area contributed by atoms with Crippen LogP contribution in [0.25, 0.3) is 5.69 Å². The quantitative estimate of drug-likeness (QED) is 0.727. The van der Waals surface area contributed by atoms with Gasteiger partial charge in [0.2, 0.25) is 0 Å². The van der Waals surface area contributed by atoms with Crippen molar-refractivity contribution in [3.8, 4) is 5.69 Å². The van der Waals surface area contributed by atoms with Gasteiger partial charge in [0.1, 0.15) is 11.6 Å². The predicted octanol–water partition coefficient (Wildman–Crippen LogP) is 4.28. The zero-order valence-electron chi connectivity index (χ0n) is 15.4. The number of aromatic nitrogens is 3. The molecule has 0 bridgehead atoms. The fourth-order valence-electron chi connectivity index (χ4n) is 4.27. The summed E-state index contributed by atoms with van der Waals surface area (Å²) in [4.78, 5) is 17.1. The summed E-state index contributed by atoms with van der Waals surface area (Å²) in [6.45, 7) is 1.95. The molecule has 1 N–H and O–H groups in total. The molecule has 0 unspecified atom stereocenters. The van der Waals surface area contributed by atoms with Crippen LogP contribution in [0.15, 0.2) is 60.1 Å². The van der Waals surface area contributed by atoms with E-state index in [0.717, 1.165) is 52.4 Å². The number of hydrogen-bond donors (Lipinski definition) is 1. The van der Waals surface area contributed by atoms with Gasteiger partial charge >= 0.3 is 0 Å². The Bertz CT molecular complexity index is 1100. The normalized spacial score (nSPS) is 18.5. The van der Waals surface area contributed by atoms with E-state index in [1.165, 1.54) is 12.1 Å². The summed E-state index contributed by atoms with van der Waals surface area (Å²) in [5.74, 6) is 0.543. The van der Waals surface area contributed by atoms with E-state index < -0.39 is 0 Å². The van der Waals surface area contributed by atoms with Crippen LogP contribution in [-0.4, -0.2) is 20.5 Å². The van der Waals surface area contributed by atoms with E-state index in [-0.39, 0.29) is 17.5 Å². The molecule has 28 heavy (non-hydrogen) atoms. The molecular formula is C22H19FN4O. The zero-order valence-corrected chi connectivity index (χ0v) is 15.4. The van der Waals surface area contributed by atoms with E-state index >= 15 is 0 Å². The maximum atomic E-state index is 13.4. The number of hydrogen-bond acceptors (Lipinski definition) is 4. The molecule has 0 fully saturated rings. The fourth-order valence-corrected chi connectivity index (χ4v) is 4.27. The lowest BCUT2D eigenvalue weighted by Gasteiger charge is -2.32. The molecular weight excluding hydrogens is 355 g/mol. The lowest BCUT2D eigenvalue weighted by Crippen LogP contribution is -2.27. The smallest absolute Gasteiger partial charge is 0.161 e. The number of nitrogens with one attached hydrogen (secondary N) is 1. The Hall–Kier alpha value is -3.28. The van der Waals surface area contributed by atoms with E-state index in [0.29, 0.717) is 6.42 Å².